The number of benzene rings is 2. The molecular weight excluding hydrogens is 439 g/mol. The van der Waals surface area contributed by atoms with E-state index in [9.17, 15) is 17.2 Å². The first-order valence-electron chi connectivity index (χ1n) is 9.71. The number of hydrogen-bond acceptors (Lipinski definition) is 4. The highest BCUT2D eigenvalue weighted by atomic mass is 32.2. The van der Waals surface area contributed by atoms with E-state index < -0.39 is 37.1 Å². The highest BCUT2D eigenvalue weighted by Crippen LogP contribution is 2.40. The van der Waals surface area contributed by atoms with Crippen LogP contribution in [0.5, 0.6) is 0 Å². The summed E-state index contributed by atoms with van der Waals surface area (Å²) in [4.78, 5) is 2.64. The summed E-state index contributed by atoms with van der Waals surface area (Å²) in [5, 5.41) is 4.41. The van der Waals surface area contributed by atoms with Gasteiger partial charge in [-0.1, -0.05) is 6.07 Å². The molecule has 0 saturated carbocycles. The van der Waals surface area contributed by atoms with E-state index in [4.69, 9.17) is 0 Å². The van der Waals surface area contributed by atoms with E-state index in [1.54, 1.807) is 35.4 Å². The molecule has 164 valence electrons. The van der Waals surface area contributed by atoms with Gasteiger partial charge in [0, 0.05) is 30.7 Å². The molecule has 0 aliphatic heterocycles. The average molecular weight is 457 g/mol. The van der Waals surface area contributed by atoms with E-state index in [-0.39, 0.29) is 16.8 Å². The Kier molecular flexibility index (Phi) is 5.60. The molecule has 0 N–H and O–H groups in total. The fourth-order valence-corrected chi connectivity index (χ4v) is 5.30. The van der Waals surface area contributed by atoms with Crippen LogP contribution in [0.3, 0.4) is 0 Å². The van der Waals surface area contributed by atoms with Gasteiger partial charge in [0.15, 0.2) is 0 Å². The van der Waals surface area contributed by atoms with Crippen molar-refractivity contribution in [2.24, 2.45) is 0 Å². The van der Waals surface area contributed by atoms with Gasteiger partial charge in [-0.25, -0.2) is 21.6 Å². The molecule has 4 rings (SSSR count). The Morgan fingerprint density at radius 1 is 0.969 bits per heavy atom. The van der Waals surface area contributed by atoms with Crippen molar-refractivity contribution in [1.29, 1.82) is 0 Å². The smallest absolute Gasteiger partial charge is 0.210 e. The van der Waals surface area contributed by atoms with E-state index in [0.717, 1.165) is 18.2 Å². The highest BCUT2D eigenvalue weighted by Gasteiger charge is 2.32. The van der Waals surface area contributed by atoms with Crippen LogP contribution in [0.2, 0.25) is 0 Å². The molecule has 0 saturated heterocycles. The van der Waals surface area contributed by atoms with Gasteiger partial charge in [0.05, 0.1) is 10.5 Å². The van der Waals surface area contributed by atoms with Crippen LogP contribution in [0.15, 0.2) is 70.8 Å². The number of sulfone groups is 1. The third kappa shape index (κ3) is 3.69. The van der Waals surface area contributed by atoms with Crippen molar-refractivity contribution in [1.82, 2.24) is 14.8 Å². The molecule has 0 amide bonds. The van der Waals surface area contributed by atoms with Gasteiger partial charge in [0.1, 0.15) is 28.0 Å². The molecule has 0 fully saturated rings. The van der Waals surface area contributed by atoms with Crippen LogP contribution < -0.4 is 0 Å². The molecule has 0 aliphatic rings. The van der Waals surface area contributed by atoms with Crippen molar-refractivity contribution >= 4 is 9.84 Å². The van der Waals surface area contributed by atoms with Crippen molar-refractivity contribution in [3.63, 3.8) is 0 Å². The zero-order valence-corrected chi connectivity index (χ0v) is 18.0. The van der Waals surface area contributed by atoms with Crippen molar-refractivity contribution in [2.75, 3.05) is 0 Å². The number of hydrogen-bond donors (Lipinski definition) is 0. The summed E-state index contributed by atoms with van der Waals surface area (Å²) >= 11 is 0. The van der Waals surface area contributed by atoms with Gasteiger partial charge >= 0.3 is 0 Å². The molecule has 0 radical (unpaired) electrons. The van der Waals surface area contributed by atoms with Gasteiger partial charge in [-0.15, -0.1) is 0 Å². The van der Waals surface area contributed by atoms with Crippen LogP contribution in [0.25, 0.3) is 22.4 Å². The maximum Gasteiger partial charge on any atom is 0.210 e. The first-order chi connectivity index (χ1) is 15.2. The van der Waals surface area contributed by atoms with Gasteiger partial charge < -0.3 is 0 Å². The molecule has 4 aromatic rings. The highest BCUT2D eigenvalue weighted by molar-refractivity contribution is 7.91. The molecular formula is C23H18F3N3O2S. The first-order valence-corrected chi connectivity index (χ1v) is 11.2. The van der Waals surface area contributed by atoms with E-state index in [1.165, 1.54) is 13.0 Å². The summed E-state index contributed by atoms with van der Waals surface area (Å²) in [5.74, 6) is -2.90. The van der Waals surface area contributed by atoms with Crippen molar-refractivity contribution < 1.29 is 21.6 Å². The predicted molar refractivity (Wildman–Crippen MR) is 113 cm³/mol. The fourth-order valence-electron chi connectivity index (χ4n) is 3.53. The molecule has 0 spiro atoms. The van der Waals surface area contributed by atoms with Crippen LogP contribution in [-0.4, -0.2) is 23.2 Å². The molecule has 2 aromatic carbocycles. The van der Waals surface area contributed by atoms with Crippen LogP contribution in [0, 0.1) is 24.4 Å². The van der Waals surface area contributed by atoms with Crippen molar-refractivity contribution in [3.05, 3.63) is 84.1 Å². The predicted octanol–water partition coefficient (Wildman–Crippen LogP) is 5.19. The monoisotopic (exact) mass is 457 g/mol. The normalized spacial score (nSPS) is 11.7. The Morgan fingerprint density at radius 3 is 2.34 bits per heavy atom. The largest absolute Gasteiger partial charge is 0.272 e. The second-order valence-corrected chi connectivity index (χ2v) is 8.98. The zero-order chi connectivity index (χ0) is 23.0. The SMILES string of the molecule is CCn1cc(-c2ccncc2)c(-c2c(F)ccc(C)c2S(=O)(=O)c2cc(F)ccc2F)n1. The lowest BCUT2D eigenvalue weighted by Crippen LogP contribution is -2.11. The Morgan fingerprint density at radius 2 is 1.66 bits per heavy atom. The zero-order valence-electron chi connectivity index (χ0n) is 17.2. The second-order valence-electron chi connectivity index (χ2n) is 7.13. The lowest BCUT2D eigenvalue weighted by molar-refractivity contribution is 0.552. The third-order valence-electron chi connectivity index (χ3n) is 5.07. The molecule has 0 unspecified atom stereocenters. The van der Waals surface area contributed by atoms with Crippen molar-refractivity contribution in [2.45, 2.75) is 30.2 Å². The first kappa shape index (κ1) is 21.8. The number of pyridine rings is 1. The topological polar surface area (TPSA) is 64.8 Å². The average Bonchev–Trinajstić information content (AvgIpc) is 3.21. The molecule has 2 aromatic heterocycles. The Hall–Kier alpha value is -3.46. The second kappa shape index (κ2) is 8.23. The number of nitrogens with zero attached hydrogens (tertiary/aromatic N) is 3. The summed E-state index contributed by atoms with van der Waals surface area (Å²) in [6.07, 6.45) is 4.77. The van der Waals surface area contributed by atoms with Crippen LogP contribution in [0.4, 0.5) is 13.2 Å². The van der Waals surface area contributed by atoms with Gasteiger partial charge in [-0.05, 0) is 61.4 Å². The summed E-state index contributed by atoms with van der Waals surface area (Å²) in [5.41, 5.74) is 1.09. The standard InChI is InChI=1S/C23H18F3N3O2S/c1-3-29-13-17(15-8-10-27-11-9-15)22(28-29)21-19(26)6-4-14(2)23(21)32(30,31)20-12-16(24)5-7-18(20)25/h4-13H,3H2,1-2H3. The van der Waals surface area contributed by atoms with Gasteiger partial charge in [-0.3, -0.25) is 9.67 Å². The maximum absolute atomic E-state index is 15.3. The Labute approximate surface area is 183 Å². The molecule has 2 heterocycles. The van der Waals surface area contributed by atoms with Crippen molar-refractivity contribution in [3.8, 4) is 22.4 Å². The lowest BCUT2D eigenvalue weighted by atomic mass is 10.0. The molecule has 0 bridgehead atoms. The van der Waals surface area contributed by atoms with E-state index >= 15 is 4.39 Å². The fraction of sp³-hybridized carbons (Fsp3) is 0.130. The summed E-state index contributed by atoms with van der Waals surface area (Å²) in [7, 11) is -4.64. The molecule has 0 atom stereocenters. The van der Waals surface area contributed by atoms with E-state index in [1.807, 2.05) is 6.92 Å². The van der Waals surface area contributed by atoms with Gasteiger partial charge in [0.25, 0.3) is 0 Å². The van der Waals surface area contributed by atoms with Crippen LogP contribution in [-0.2, 0) is 16.4 Å². The van der Waals surface area contributed by atoms with E-state index in [0.29, 0.717) is 23.7 Å². The lowest BCUT2D eigenvalue weighted by Gasteiger charge is -2.15. The Bertz CT molecular complexity index is 1420. The number of aryl methyl sites for hydroxylation is 2. The minimum absolute atomic E-state index is 0.0784. The van der Waals surface area contributed by atoms with Crippen LogP contribution >= 0.6 is 0 Å². The van der Waals surface area contributed by atoms with Gasteiger partial charge in [0.2, 0.25) is 9.84 Å². The molecule has 5 nitrogen and oxygen atoms in total. The van der Waals surface area contributed by atoms with E-state index in [2.05, 4.69) is 10.1 Å². The van der Waals surface area contributed by atoms with Gasteiger partial charge in [-0.2, -0.15) is 5.10 Å². The number of rotatable bonds is 5. The molecule has 32 heavy (non-hydrogen) atoms. The quantitative estimate of drug-likeness (QED) is 0.414. The minimum atomic E-state index is -4.64. The third-order valence-corrected chi connectivity index (χ3v) is 7.02. The summed E-state index contributed by atoms with van der Waals surface area (Å²) in [6.45, 7) is 3.75. The number of halogens is 3. The molecule has 9 heteroatoms. The summed E-state index contributed by atoms with van der Waals surface area (Å²) in [6, 6.07) is 7.93. The maximum atomic E-state index is 15.3. The minimum Gasteiger partial charge on any atom is -0.272 e. The number of aromatic nitrogens is 3. The molecule has 0 aliphatic carbocycles. The van der Waals surface area contributed by atoms with Crippen LogP contribution in [0.1, 0.15) is 12.5 Å². The summed E-state index contributed by atoms with van der Waals surface area (Å²) < 4.78 is 72.0. The Balaban J connectivity index is 2.07.